The van der Waals surface area contributed by atoms with E-state index in [-0.39, 0.29) is 24.9 Å². The molecule has 0 unspecified atom stereocenters. The van der Waals surface area contributed by atoms with Gasteiger partial charge >= 0.3 is 5.97 Å². The minimum atomic E-state index is -0.485. The molecule has 0 atom stereocenters. The Labute approximate surface area is 161 Å². The van der Waals surface area contributed by atoms with Crippen molar-refractivity contribution in [1.82, 2.24) is 0 Å². The monoisotopic (exact) mass is 392 g/mol. The van der Waals surface area contributed by atoms with Crippen LogP contribution in [0.25, 0.3) is 0 Å². The van der Waals surface area contributed by atoms with E-state index in [1.807, 2.05) is 13.8 Å². The summed E-state index contributed by atoms with van der Waals surface area (Å²) in [6.45, 7) is 5.61. The van der Waals surface area contributed by atoms with E-state index in [0.717, 1.165) is 4.88 Å². The molecule has 0 fully saturated rings. The van der Waals surface area contributed by atoms with Crippen LogP contribution in [0.15, 0.2) is 35.5 Å². The number of hydrogen-bond donors (Lipinski definition) is 1. The van der Waals surface area contributed by atoms with Gasteiger partial charge in [-0.05, 0) is 36.6 Å². The molecule has 0 radical (unpaired) electrons. The topological polar surface area (TPSA) is 77.0 Å². The molecule has 1 aromatic carbocycles. The van der Waals surface area contributed by atoms with Crippen molar-refractivity contribution in [3.8, 4) is 0 Å². The van der Waals surface area contributed by atoms with E-state index in [4.69, 9.17) is 9.57 Å². The summed E-state index contributed by atoms with van der Waals surface area (Å²) in [7, 11) is 0. The van der Waals surface area contributed by atoms with Gasteiger partial charge < -0.3 is 14.9 Å². The first-order valence-corrected chi connectivity index (χ1v) is 9.24. The smallest absolute Gasteiger partial charge is 0.341 e. The zero-order valence-electron chi connectivity index (χ0n) is 15.3. The molecule has 1 N–H and O–H groups in total. The molecular formula is C19H21FN2O4S. The number of carbonyl (C=O) groups is 2. The number of nitrogens with zero attached hydrogens (tertiary/aromatic N) is 1. The Kier molecular flexibility index (Phi) is 7.48. The molecule has 2 aromatic rings. The Morgan fingerprint density at radius 3 is 2.78 bits per heavy atom. The first-order valence-electron chi connectivity index (χ1n) is 8.42. The number of amides is 1. The lowest BCUT2D eigenvalue weighted by Crippen LogP contribution is -2.18. The maximum Gasteiger partial charge on any atom is 0.341 e. The quantitative estimate of drug-likeness (QED) is 0.415. The molecule has 0 aliphatic rings. The number of anilines is 1. The van der Waals surface area contributed by atoms with Crippen LogP contribution in [0.4, 0.5) is 9.39 Å². The van der Waals surface area contributed by atoms with Gasteiger partial charge in [-0.15, -0.1) is 11.3 Å². The minimum Gasteiger partial charge on any atom is -0.462 e. The van der Waals surface area contributed by atoms with Crippen LogP contribution >= 0.6 is 11.3 Å². The number of halogens is 1. The lowest BCUT2D eigenvalue weighted by atomic mass is 10.1. The molecule has 8 heteroatoms. The van der Waals surface area contributed by atoms with Crippen molar-refractivity contribution < 1.29 is 23.6 Å². The fraction of sp³-hybridized carbons (Fsp3) is 0.316. The van der Waals surface area contributed by atoms with Crippen molar-refractivity contribution in [3.05, 3.63) is 52.2 Å². The number of nitrogens with one attached hydrogen (secondary N) is 1. The summed E-state index contributed by atoms with van der Waals surface area (Å²) in [4.78, 5) is 30.0. The van der Waals surface area contributed by atoms with Crippen LogP contribution < -0.4 is 5.32 Å². The normalized spacial score (nSPS) is 11.0. The predicted molar refractivity (Wildman–Crippen MR) is 103 cm³/mol. The SMILES string of the molecule is CCOC(=O)c1cc(C(C)C)sc1NC(=O)CO/N=C\c1cccc(F)c1. The maximum atomic E-state index is 13.1. The van der Waals surface area contributed by atoms with E-state index in [1.165, 1.54) is 29.7 Å². The van der Waals surface area contributed by atoms with E-state index in [0.29, 0.717) is 16.1 Å². The zero-order valence-corrected chi connectivity index (χ0v) is 16.1. The predicted octanol–water partition coefficient (Wildman–Crippen LogP) is 4.18. The second kappa shape index (κ2) is 9.82. The minimum absolute atomic E-state index is 0.209. The number of thiophene rings is 1. The van der Waals surface area contributed by atoms with Gasteiger partial charge in [-0.1, -0.05) is 31.1 Å². The van der Waals surface area contributed by atoms with E-state index >= 15 is 0 Å². The number of ether oxygens (including phenoxy) is 1. The summed E-state index contributed by atoms with van der Waals surface area (Å²) in [5.41, 5.74) is 0.835. The summed E-state index contributed by atoms with van der Waals surface area (Å²) in [5, 5.41) is 6.71. The van der Waals surface area contributed by atoms with Crippen LogP contribution in [-0.2, 0) is 14.4 Å². The number of oxime groups is 1. The van der Waals surface area contributed by atoms with Gasteiger partial charge in [-0.25, -0.2) is 9.18 Å². The highest BCUT2D eigenvalue weighted by Gasteiger charge is 2.20. The molecular weight excluding hydrogens is 371 g/mol. The Morgan fingerprint density at radius 1 is 1.33 bits per heavy atom. The third-order valence-electron chi connectivity index (χ3n) is 3.39. The Morgan fingerprint density at radius 2 is 2.11 bits per heavy atom. The number of esters is 1. The molecule has 0 bridgehead atoms. The molecule has 6 nitrogen and oxygen atoms in total. The van der Waals surface area contributed by atoms with Crippen molar-refractivity contribution in [2.45, 2.75) is 26.7 Å². The second-order valence-corrected chi connectivity index (χ2v) is 6.96. The molecule has 1 amide bonds. The third-order valence-corrected chi connectivity index (χ3v) is 4.74. The van der Waals surface area contributed by atoms with E-state index in [1.54, 1.807) is 25.1 Å². The molecule has 27 heavy (non-hydrogen) atoms. The lowest BCUT2D eigenvalue weighted by Gasteiger charge is -2.05. The van der Waals surface area contributed by atoms with Gasteiger partial charge in [-0.2, -0.15) is 0 Å². The van der Waals surface area contributed by atoms with Crippen LogP contribution in [0.5, 0.6) is 0 Å². The first-order chi connectivity index (χ1) is 12.9. The van der Waals surface area contributed by atoms with Crippen LogP contribution in [0.2, 0.25) is 0 Å². The van der Waals surface area contributed by atoms with Crippen LogP contribution in [0.1, 0.15) is 47.5 Å². The summed E-state index contributed by atoms with van der Waals surface area (Å²) < 4.78 is 18.1. The molecule has 0 aliphatic carbocycles. The highest BCUT2D eigenvalue weighted by Crippen LogP contribution is 2.33. The Hall–Kier alpha value is -2.74. The van der Waals surface area contributed by atoms with Crippen LogP contribution in [-0.4, -0.2) is 31.3 Å². The summed E-state index contributed by atoms with van der Waals surface area (Å²) in [6, 6.07) is 7.53. The molecule has 0 spiro atoms. The van der Waals surface area contributed by atoms with Crippen LogP contribution in [0.3, 0.4) is 0 Å². The van der Waals surface area contributed by atoms with Gasteiger partial charge in [0.15, 0.2) is 6.61 Å². The molecule has 0 saturated heterocycles. The highest BCUT2D eigenvalue weighted by molar-refractivity contribution is 7.16. The summed E-state index contributed by atoms with van der Waals surface area (Å²) in [5.74, 6) is -1.13. The van der Waals surface area contributed by atoms with Gasteiger partial charge in [-0.3, -0.25) is 4.79 Å². The number of benzene rings is 1. The zero-order chi connectivity index (χ0) is 19.8. The van der Waals surface area contributed by atoms with Crippen molar-refractivity contribution in [1.29, 1.82) is 0 Å². The van der Waals surface area contributed by atoms with E-state index in [2.05, 4.69) is 10.5 Å². The Bertz CT molecular complexity index is 833. The molecule has 2 rings (SSSR count). The van der Waals surface area contributed by atoms with Gasteiger partial charge in [0.25, 0.3) is 5.91 Å². The average Bonchev–Trinajstić information content (AvgIpc) is 3.03. The van der Waals surface area contributed by atoms with E-state index < -0.39 is 11.9 Å². The van der Waals surface area contributed by atoms with Crippen LogP contribution in [0, 0.1) is 5.82 Å². The van der Waals surface area contributed by atoms with Gasteiger partial charge in [0.1, 0.15) is 10.8 Å². The molecule has 0 saturated carbocycles. The van der Waals surface area contributed by atoms with Gasteiger partial charge in [0.2, 0.25) is 0 Å². The molecule has 144 valence electrons. The van der Waals surface area contributed by atoms with Crippen molar-refractivity contribution in [2.24, 2.45) is 5.16 Å². The lowest BCUT2D eigenvalue weighted by molar-refractivity contribution is -0.120. The standard InChI is InChI=1S/C19H21FN2O4S/c1-4-25-19(24)15-9-16(12(2)3)27-18(15)22-17(23)11-26-21-10-13-6-5-7-14(20)8-13/h5-10,12H,4,11H2,1-3H3,(H,22,23)/b21-10-. The van der Waals surface area contributed by atoms with Crippen molar-refractivity contribution >= 4 is 34.4 Å². The van der Waals surface area contributed by atoms with Crippen molar-refractivity contribution in [2.75, 3.05) is 18.5 Å². The molecule has 0 aliphatic heterocycles. The largest absolute Gasteiger partial charge is 0.462 e. The number of rotatable bonds is 8. The summed E-state index contributed by atoms with van der Waals surface area (Å²) >= 11 is 1.32. The fourth-order valence-corrected chi connectivity index (χ4v) is 3.16. The van der Waals surface area contributed by atoms with Crippen molar-refractivity contribution in [3.63, 3.8) is 0 Å². The van der Waals surface area contributed by atoms with Gasteiger partial charge in [0, 0.05) is 4.88 Å². The highest BCUT2D eigenvalue weighted by atomic mass is 32.1. The summed E-state index contributed by atoms with van der Waals surface area (Å²) in [6.07, 6.45) is 1.31. The molecule has 1 heterocycles. The molecule has 1 aromatic heterocycles. The maximum absolute atomic E-state index is 13.1. The average molecular weight is 392 g/mol. The second-order valence-electron chi connectivity index (χ2n) is 5.88. The number of hydrogen-bond acceptors (Lipinski definition) is 6. The first kappa shape index (κ1) is 20.6. The third kappa shape index (κ3) is 6.18. The Balaban J connectivity index is 1.97. The van der Waals surface area contributed by atoms with Gasteiger partial charge in [0.05, 0.1) is 18.4 Å². The number of carbonyl (C=O) groups excluding carboxylic acids is 2. The van der Waals surface area contributed by atoms with E-state index in [9.17, 15) is 14.0 Å². The fourth-order valence-electron chi connectivity index (χ4n) is 2.09.